The van der Waals surface area contributed by atoms with E-state index >= 15 is 0 Å². The summed E-state index contributed by atoms with van der Waals surface area (Å²) in [5.41, 5.74) is 0. The predicted molar refractivity (Wildman–Crippen MR) is 53.0 cm³/mol. The van der Waals surface area contributed by atoms with E-state index in [2.05, 4.69) is 27.8 Å². The van der Waals surface area contributed by atoms with Crippen LogP contribution in [-0.2, 0) is 0 Å². The van der Waals surface area contributed by atoms with Gasteiger partial charge >= 0.3 is 0 Å². The number of pyridine rings is 1. The van der Waals surface area contributed by atoms with Crippen LogP contribution in [0.1, 0.15) is 13.3 Å². The lowest BCUT2D eigenvalue weighted by Crippen LogP contribution is -1.81. The smallest absolute Gasteiger partial charge is 0.107 e. The summed E-state index contributed by atoms with van der Waals surface area (Å²) in [4.78, 5) is 4.29. The van der Waals surface area contributed by atoms with Gasteiger partial charge in [-0.1, -0.05) is 13.0 Å². The molecule has 0 atom stereocenters. The van der Waals surface area contributed by atoms with Crippen molar-refractivity contribution in [3.05, 3.63) is 22.8 Å². The number of thioether (sulfide) groups is 1. The molecule has 3 heteroatoms. The zero-order valence-corrected chi connectivity index (χ0v) is 8.78. The van der Waals surface area contributed by atoms with Gasteiger partial charge in [0.15, 0.2) is 0 Å². The largest absolute Gasteiger partial charge is 0.235 e. The Bertz CT molecular complexity index is 227. The molecule has 11 heavy (non-hydrogen) atoms. The van der Waals surface area contributed by atoms with Gasteiger partial charge in [0, 0.05) is 0 Å². The minimum atomic E-state index is 0.915. The lowest BCUT2D eigenvalue weighted by atomic mass is 10.5. The van der Waals surface area contributed by atoms with Gasteiger partial charge < -0.3 is 0 Å². The molecule has 0 N–H and O–H groups in total. The fourth-order valence-corrected chi connectivity index (χ4v) is 1.89. The van der Waals surface area contributed by atoms with Gasteiger partial charge in [-0.25, -0.2) is 4.98 Å². The number of hydrogen-bond donors (Lipinski definition) is 0. The van der Waals surface area contributed by atoms with Crippen LogP contribution < -0.4 is 0 Å². The molecule has 1 aromatic rings. The Kier molecular flexibility index (Phi) is 3.94. The number of hydrogen-bond acceptors (Lipinski definition) is 2. The van der Waals surface area contributed by atoms with Gasteiger partial charge in [-0.3, -0.25) is 0 Å². The van der Waals surface area contributed by atoms with Crippen molar-refractivity contribution >= 4 is 27.7 Å². The molecule has 0 bridgehead atoms. The Morgan fingerprint density at radius 3 is 3.00 bits per heavy atom. The van der Waals surface area contributed by atoms with Crippen LogP contribution in [0.15, 0.2) is 27.8 Å². The third-order valence-electron chi connectivity index (χ3n) is 1.14. The first-order valence-corrected chi connectivity index (χ1v) is 5.36. The van der Waals surface area contributed by atoms with Gasteiger partial charge in [0.1, 0.15) is 4.60 Å². The van der Waals surface area contributed by atoms with Crippen molar-refractivity contribution in [2.75, 3.05) is 5.75 Å². The van der Waals surface area contributed by atoms with Gasteiger partial charge in [-0.05, 0) is 40.2 Å². The number of aromatic nitrogens is 1. The third kappa shape index (κ3) is 3.25. The van der Waals surface area contributed by atoms with Crippen molar-refractivity contribution in [1.29, 1.82) is 0 Å². The Labute approximate surface area is 79.7 Å². The molecular weight excluding hydrogens is 222 g/mol. The molecule has 0 aliphatic heterocycles. The van der Waals surface area contributed by atoms with Crippen LogP contribution in [0.5, 0.6) is 0 Å². The minimum absolute atomic E-state index is 0.915. The first kappa shape index (κ1) is 9.07. The normalized spacial score (nSPS) is 10.0. The highest BCUT2D eigenvalue weighted by molar-refractivity contribution is 9.10. The maximum absolute atomic E-state index is 4.29. The fraction of sp³-hybridized carbons (Fsp3) is 0.375. The molecule has 0 aliphatic carbocycles. The van der Waals surface area contributed by atoms with Crippen molar-refractivity contribution in [2.45, 2.75) is 18.4 Å². The van der Waals surface area contributed by atoms with Crippen LogP contribution in [-0.4, -0.2) is 10.7 Å². The molecule has 0 fully saturated rings. The molecule has 1 nitrogen and oxygen atoms in total. The Hall–Kier alpha value is -0.0200. The highest BCUT2D eigenvalue weighted by Gasteiger charge is 1.93. The number of rotatable bonds is 3. The summed E-state index contributed by atoms with van der Waals surface area (Å²) in [5.74, 6) is 1.14. The summed E-state index contributed by atoms with van der Waals surface area (Å²) in [7, 11) is 0. The standard InChI is InChI=1S/C8H10BrNS/c1-2-6-11-8-5-3-4-7(9)10-8/h3-5H,2,6H2,1H3. The third-order valence-corrected chi connectivity index (χ3v) is 2.72. The van der Waals surface area contributed by atoms with E-state index in [1.54, 1.807) is 11.8 Å². The van der Waals surface area contributed by atoms with E-state index in [0.717, 1.165) is 15.4 Å². The van der Waals surface area contributed by atoms with Gasteiger partial charge in [0.05, 0.1) is 5.03 Å². The second-order valence-electron chi connectivity index (χ2n) is 2.15. The molecule has 0 aromatic carbocycles. The van der Waals surface area contributed by atoms with Crippen molar-refractivity contribution in [1.82, 2.24) is 4.98 Å². The summed E-state index contributed by atoms with van der Waals surface area (Å²) in [6.45, 7) is 2.17. The second-order valence-corrected chi connectivity index (χ2v) is 4.07. The maximum Gasteiger partial charge on any atom is 0.107 e. The first-order chi connectivity index (χ1) is 5.33. The zero-order valence-electron chi connectivity index (χ0n) is 6.38. The van der Waals surface area contributed by atoms with E-state index in [4.69, 9.17) is 0 Å². The molecule has 60 valence electrons. The van der Waals surface area contributed by atoms with Crippen molar-refractivity contribution in [3.63, 3.8) is 0 Å². The molecule has 0 amide bonds. The number of halogens is 1. The summed E-state index contributed by atoms with van der Waals surface area (Å²) in [6, 6.07) is 5.98. The van der Waals surface area contributed by atoms with Crippen LogP contribution in [0, 0.1) is 0 Å². The summed E-state index contributed by atoms with van der Waals surface area (Å²) < 4.78 is 0.915. The van der Waals surface area contributed by atoms with Crippen LogP contribution in [0.2, 0.25) is 0 Å². The molecule has 1 rings (SSSR count). The summed E-state index contributed by atoms with van der Waals surface area (Å²) in [5, 5.41) is 1.10. The molecule has 0 saturated carbocycles. The van der Waals surface area contributed by atoms with Crippen LogP contribution in [0.25, 0.3) is 0 Å². The average molecular weight is 232 g/mol. The van der Waals surface area contributed by atoms with Gasteiger partial charge in [-0.2, -0.15) is 0 Å². The van der Waals surface area contributed by atoms with E-state index < -0.39 is 0 Å². The Morgan fingerprint density at radius 2 is 2.36 bits per heavy atom. The van der Waals surface area contributed by atoms with Crippen LogP contribution in [0.3, 0.4) is 0 Å². The SMILES string of the molecule is CCCSc1cccc(Br)n1. The second kappa shape index (κ2) is 4.78. The topological polar surface area (TPSA) is 12.9 Å². The lowest BCUT2D eigenvalue weighted by Gasteiger charge is -1.97. The molecule has 0 spiro atoms. The van der Waals surface area contributed by atoms with Gasteiger partial charge in [0.25, 0.3) is 0 Å². The quantitative estimate of drug-likeness (QED) is 0.585. The molecule has 0 saturated heterocycles. The maximum atomic E-state index is 4.29. The predicted octanol–water partition coefficient (Wildman–Crippen LogP) is 3.35. The highest BCUT2D eigenvalue weighted by Crippen LogP contribution is 2.17. The Balaban J connectivity index is 2.56. The summed E-state index contributed by atoms with van der Waals surface area (Å²) >= 11 is 5.12. The first-order valence-electron chi connectivity index (χ1n) is 3.58. The molecule has 1 heterocycles. The lowest BCUT2D eigenvalue weighted by molar-refractivity contribution is 1.07. The van der Waals surface area contributed by atoms with E-state index in [-0.39, 0.29) is 0 Å². The van der Waals surface area contributed by atoms with Crippen LogP contribution in [0.4, 0.5) is 0 Å². The van der Waals surface area contributed by atoms with Crippen LogP contribution >= 0.6 is 27.7 Å². The molecule has 1 aromatic heterocycles. The minimum Gasteiger partial charge on any atom is -0.235 e. The van der Waals surface area contributed by atoms with E-state index in [1.807, 2.05) is 18.2 Å². The zero-order chi connectivity index (χ0) is 8.10. The van der Waals surface area contributed by atoms with Gasteiger partial charge in [-0.15, -0.1) is 11.8 Å². The summed E-state index contributed by atoms with van der Waals surface area (Å²) in [6.07, 6.45) is 1.19. The monoisotopic (exact) mass is 231 g/mol. The van der Waals surface area contributed by atoms with E-state index in [0.29, 0.717) is 0 Å². The molecular formula is C8H10BrNS. The fourth-order valence-electron chi connectivity index (χ4n) is 0.677. The molecule has 0 radical (unpaired) electrons. The molecule has 0 unspecified atom stereocenters. The highest BCUT2D eigenvalue weighted by atomic mass is 79.9. The Morgan fingerprint density at radius 1 is 1.55 bits per heavy atom. The van der Waals surface area contributed by atoms with E-state index in [9.17, 15) is 0 Å². The number of nitrogens with zero attached hydrogens (tertiary/aromatic N) is 1. The molecule has 0 aliphatic rings. The van der Waals surface area contributed by atoms with Crippen molar-refractivity contribution in [2.24, 2.45) is 0 Å². The van der Waals surface area contributed by atoms with E-state index in [1.165, 1.54) is 6.42 Å². The van der Waals surface area contributed by atoms with Crippen molar-refractivity contribution in [3.8, 4) is 0 Å². The average Bonchev–Trinajstić information content (AvgIpc) is 2.01. The van der Waals surface area contributed by atoms with Crippen molar-refractivity contribution < 1.29 is 0 Å². The van der Waals surface area contributed by atoms with Gasteiger partial charge in [0.2, 0.25) is 0 Å².